The van der Waals surface area contributed by atoms with E-state index in [2.05, 4.69) is 16.0 Å². The lowest BCUT2D eigenvalue weighted by molar-refractivity contribution is -0.125. The van der Waals surface area contributed by atoms with Gasteiger partial charge in [-0.1, -0.05) is 18.2 Å². The molecule has 0 bridgehead atoms. The van der Waals surface area contributed by atoms with Gasteiger partial charge in [0.1, 0.15) is 5.50 Å². The van der Waals surface area contributed by atoms with E-state index < -0.39 is 0 Å². The maximum atomic E-state index is 12.3. The smallest absolute Gasteiger partial charge is 0.236 e. The molecule has 0 radical (unpaired) electrons. The van der Waals surface area contributed by atoms with Crippen molar-refractivity contribution in [1.29, 1.82) is 0 Å². The Balaban J connectivity index is 1.85. The molecule has 2 atom stereocenters. The predicted octanol–water partition coefficient (Wildman–Crippen LogP) is 0.280. The number of nitrogens with zero attached hydrogens (tertiary/aromatic N) is 1. The van der Waals surface area contributed by atoms with Crippen molar-refractivity contribution in [3.8, 4) is 0 Å². The van der Waals surface area contributed by atoms with E-state index in [1.807, 2.05) is 30.3 Å². The van der Waals surface area contributed by atoms with E-state index in [-0.39, 0.29) is 47.9 Å². The van der Waals surface area contributed by atoms with Gasteiger partial charge >= 0.3 is 0 Å². The van der Waals surface area contributed by atoms with E-state index >= 15 is 0 Å². The number of carbonyl (C=O) groups excluding carboxylic acids is 3. The highest BCUT2D eigenvalue weighted by atomic mass is 32.2. The van der Waals surface area contributed by atoms with E-state index in [0.29, 0.717) is 0 Å². The van der Waals surface area contributed by atoms with Crippen LogP contribution in [0.3, 0.4) is 0 Å². The summed E-state index contributed by atoms with van der Waals surface area (Å²) in [6, 6.07) is 9.14. The Labute approximate surface area is 145 Å². The van der Waals surface area contributed by atoms with Crippen LogP contribution in [0.2, 0.25) is 0 Å². The second-order valence-corrected chi connectivity index (χ2v) is 6.59. The van der Waals surface area contributed by atoms with Gasteiger partial charge in [0, 0.05) is 38.7 Å². The number of hydrogen-bond donors (Lipinski definition) is 3. The third-order valence-electron chi connectivity index (χ3n) is 3.71. The molecule has 0 aromatic heterocycles. The monoisotopic (exact) mass is 350 g/mol. The van der Waals surface area contributed by atoms with E-state index in [1.54, 1.807) is 19.0 Å². The lowest BCUT2D eigenvalue weighted by Gasteiger charge is -2.31. The Hall–Kier alpha value is -2.06. The fourth-order valence-corrected chi connectivity index (χ4v) is 3.34. The Kier molecular flexibility index (Phi) is 6.62. The zero-order valence-electron chi connectivity index (χ0n) is 13.7. The molecule has 1 fully saturated rings. The van der Waals surface area contributed by atoms with Crippen molar-refractivity contribution >= 4 is 35.2 Å². The summed E-state index contributed by atoms with van der Waals surface area (Å²) in [5.41, 5.74) is 0.440. The summed E-state index contributed by atoms with van der Waals surface area (Å²) in [5, 5.41) is 8.51. The van der Waals surface area contributed by atoms with E-state index in [0.717, 1.165) is 5.69 Å². The van der Waals surface area contributed by atoms with Gasteiger partial charge in [-0.25, -0.2) is 0 Å². The summed E-state index contributed by atoms with van der Waals surface area (Å²) in [5.74, 6) is -0.0821. The minimum Gasteiger partial charge on any atom is -0.359 e. The molecule has 1 aromatic carbocycles. The van der Waals surface area contributed by atoms with Crippen molar-refractivity contribution < 1.29 is 14.4 Å². The van der Waals surface area contributed by atoms with Crippen molar-refractivity contribution in [2.24, 2.45) is 0 Å². The normalized spacial score (nSPS) is 20.2. The van der Waals surface area contributed by atoms with Gasteiger partial charge < -0.3 is 15.5 Å². The topological polar surface area (TPSA) is 90.5 Å². The van der Waals surface area contributed by atoms with E-state index in [9.17, 15) is 14.4 Å². The van der Waals surface area contributed by atoms with Gasteiger partial charge in [-0.2, -0.15) is 0 Å². The molecule has 0 spiro atoms. The molecular formula is C16H22N4O3S. The zero-order valence-corrected chi connectivity index (χ0v) is 14.6. The van der Waals surface area contributed by atoms with Crippen molar-refractivity contribution in [3.63, 3.8) is 0 Å². The highest BCUT2D eigenvalue weighted by Crippen LogP contribution is 2.17. The molecule has 24 heavy (non-hydrogen) atoms. The fourth-order valence-electron chi connectivity index (χ4n) is 2.34. The van der Waals surface area contributed by atoms with Crippen molar-refractivity contribution in [2.75, 3.05) is 24.7 Å². The van der Waals surface area contributed by atoms with Crippen LogP contribution in [0.5, 0.6) is 0 Å². The summed E-state index contributed by atoms with van der Waals surface area (Å²) in [6.45, 7) is 0. The minimum absolute atomic E-state index is 0.0596. The number of benzene rings is 1. The van der Waals surface area contributed by atoms with Crippen LogP contribution in [0, 0.1) is 0 Å². The van der Waals surface area contributed by atoms with Crippen molar-refractivity contribution in [1.82, 2.24) is 16.0 Å². The van der Waals surface area contributed by atoms with Crippen molar-refractivity contribution in [3.05, 3.63) is 30.3 Å². The summed E-state index contributed by atoms with van der Waals surface area (Å²) < 4.78 is 0. The third kappa shape index (κ3) is 5.24. The molecule has 2 unspecified atom stereocenters. The first-order valence-corrected chi connectivity index (χ1v) is 8.73. The first-order valence-electron chi connectivity index (χ1n) is 7.69. The summed E-state index contributed by atoms with van der Waals surface area (Å²) in [7, 11) is 3.29. The average Bonchev–Trinajstić information content (AvgIpc) is 2.59. The fraction of sp³-hybridized carbons (Fsp3) is 0.438. The van der Waals surface area contributed by atoms with Crippen LogP contribution in [0.25, 0.3) is 0 Å². The molecule has 1 aromatic rings. The third-order valence-corrected chi connectivity index (χ3v) is 4.71. The van der Waals surface area contributed by atoms with E-state index in [1.165, 1.54) is 11.8 Å². The maximum Gasteiger partial charge on any atom is 0.236 e. The number of hydrogen-bond acceptors (Lipinski definition) is 5. The van der Waals surface area contributed by atoms with Crippen LogP contribution in [0.15, 0.2) is 30.3 Å². The maximum absolute atomic E-state index is 12.3. The van der Waals surface area contributed by atoms with Gasteiger partial charge in [-0.15, -0.1) is 11.8 Å². The average molecular weight is 350 g/mol. The van der Waals surface area contributed by atoms with Crippen LogP contribution >= 0.6 is 11.8 Å². The van der Waals surface area contributed by atoms with Crippen LogP contribution in [0.4, 0.5) is 5.69 Å². The Morgan fingerprint density at radius 2 is 2.04 bits per heavy atom. The second kappa shape index (κ2) is 8.70. The highest BCUT2D eigenvalue weighted by molar-refractivity contribution is 8.00. The van der Waals surface area contributed by atoms with Gasteiger partial charge in [-0.05, 0) is 12.1 Å². The molecule has 1 aliphatic heterocycles. The van der Waals surface area contributed by atoms with Crippen LogP contribution < -0.4 is 20.9 Å². The number of anilines is 1. The molecule has 0 saturated carbocycles. The summed E-state index contributed by atoms with van der Waals surface area (Å²) in [6.07, 6.45) is 0.487. The number of carbonyl (C=O) groups is 3. The van der Waals surface area contributed by atoms with Crippen LogP contribution in [0.1, 0.15) is 12.8 Å². The van der Waals surface area contributed by atoms with Gasteiger partial charge in [0.2, 0.25) is 17.7 Å². The van der Waals surface area contributed by atoms with Gasteiger partial charge in [0.05, 0.1) is 5.75 Å². The Morgan fingerprint density at radius 3 is 2.71 bits per heavy atom. The lowest BCUT2D eigenvalue weighted by Crippen LogP contribution is -2.56. The number of thioether (sulfide) groups is 1. The molecule has 2 rings (SSSR count). The second-order valence-electron chi connectivity index (χ2n) is 5.49. The Morgan fingerprint density at radius 1 is 1.33 bits per heavy atom. The summed E-state index contributed by atoms with van der Waals surface area (Å²) in [4.78, 5) is 37.1. The molecule has 3 N–H and O–H groups in total. The number of nitrogens with one attached hydrogen (secondary N) is 3. The van der Waals surface area contributed by atoms with Gasteiger partial charge in [0.15, 0.2) is 0 Å². The molecule has 1 aliphatic rings. The molecule has 130 valence electrons. The number of para-hydroxylation sites is 1. The Bertz CT molecular complexity index is 596. The first kappa shape index (κ1) is 18.3. The molecular weight excluding hydrogens is 328 g/mol. The van der Waals surface area contributed by atoms with Gasteiger partial charge in [0.25, 0.3) is 0 Å². The summed E-state index contributed by atoms with van der Waals surface area (Å²) >= 11 is 1.30. The quantitative estimate of drug-likeness (QED) is 0.686. The highest BCUT2D eigenvalue weighted by Gasteiger charge is 2.28. The van der Waals surface area contributed by atoms with Crippen LogP contribution in [-0.2, 0) is 14.4 Å². The molecule has 8 heteroatoms. The van der Waals surface area contributed by atoms with Gasteiger partial charge in [-0.3, -0.25) is 19.7 Å². The first-order chi connectivity index (χ1) is 11.5. The van der Waals surface area contributed by atoms with Crippen molar-refractivity contribution in [2.45, 2.75) is 24.4 Å². The molecule has 1 heterocycles. The molecule has 7 nitrogen and oxygen atoms in total. The molecule has 0 aliphatic carbocycles. The SMILES string of the molecule is CNC(=O)CC1CC(=O)NC(SCC(=O)N(C)c2ccccc2)N1. The predicted molar refractivity (Wildman–Crippen MR) is 94.5 cm³/mol. The molecule has 1 saturated heterocycles. The standard InChI is InChI=1S/C16H22N4O3S/c1-17-13(21)8-11-9-14(22)19-16(18-11)24-10-15(23)20(2)12-6-4-3-5-7-12/h3-7,11,16,18H,8-10H2,1-2H3,(H,17,21)(H,19,22). The van der Waals surface area contributed by atoms with Crippen LogP contribution in [-0.4, -0.2) is 49.1 Å². The number of rotatable bonds is 6. The van der Waals surface area contributed by atoms with E-state index in [4.69, 9.17) is 0 Å². The minimum atomic E-state index is -0.381. The number of amides is 3. The largest absolute Gasteiger partial charge is 0.359 e. The zero-order chi connectivity index (χ0) is 17.5. The lowest BCUT2D eigenvalue weighted by atomic mass is 10.1. The molecule has 3 amide bonds.